The van der Waals surface area contributed by atoms with Crippen LogP contribution in [-0.4, -0.2) is 40.4 Å². The first-order valence-electron chi connectivity index (χ1n) is 5.66. The number of anilines is 1. The molecular formula is C11H17ClN4O. The summed E-state index contributed by atoms with van der Waals surface area (Å²) in [6, 6.07) is 0. The monoisotopic (exact) mass is 256 g/mol. The smallest absolute Gasteiger partial charge is 0.224 e. The van der Waals surface area contributed by atoms with Gasteiger partial charge in [0, 0.05) is 26.1 Å². The van der Waals surface area contributed by atoms with E-state index in [0.717, 1.165) is 13.1 Å². The minimum Gasteiger partial charge on any atom is -0.368 e. The van der Waals surface area contributed by atoms with Gasteiger partial charge in [0.1, 0.15) is 11.0 Å². The molecular weight excluding hydrogens is 240 g/mol. The number of nitrogens with zero attached hydrogens (tertiary/aromatic N) is 3. The average molecular weight is 257 g/mol. The number of carbonyl (C=O) groups excluding carboxylic acids is 1. The summed E-state index contributed by atoms with van der Waals surface area (Å²) in [7, 11) is 0. The molecule has 0 bridgehead atoms. The molecule has 0 fully saturated rings. The third kappa shape index (κ3) is 4.56. The van der Waals surface area contributed by atoms with Crippen LogP contribution in [0, 0.1) is 0 Å². The van der Waals surface area contributed by atoms with E-state index in [0.29, 0.717) is 23.9 Å². The minimum absolute atomic E-state index is 0.137. The van der Waals surface area contributed by atoms with Crippen LogP contribution in [0.15, 0.2) is 12.4 Å². The van der Waals surface area contributed by atoms with Crippen molar-refractivity contribution in [3.8, 4) is 0 Å². The normalized spacial score (nSPS) is 10.1. The second-order valence-electron chi connectivity index (χ2n) is 3.47. The Morgan fingerprint density at radius 1 is 1.41 bits per heavy atom. The van der Waals surface area contributed by atoms with Gasteiger partial charge < -0.3 is 10.2 Å². The van der Waals surface area contributed by atoms with Gasteiger partial charge in [-0.15, -0.1) is 0 Å². The Balaban J connectivity index is 2.35. The Morgan fingerprint density at radius 2 is 2.12 bits per heavy atom. The lowest BCUT2D eigenvalue weighted by Gasteiger charge is -2.18. The van der Waals surface area contributed by atoms with Gasteiger partial charge in [0.2, 0.25) is 5.91 Å². The van der Waals surface area contributed by atoms with E-state index in [1.807, 2.05) is 13.8 Å². The molecule has 0 aliphatic carbocycles. The fourth-order valence-electron chi connectivity index (χ4n) is 1.46. The van der Waals surface area contributed by atoms with Crippen LogP contribution in [0.2, 0.25) is 5.15 Å². The molecule has 1 aromatic heterocycles. The van der Waals surface area contributed by atoms with Crippen molar-refractivity contribution >= 4 is 23.3 Å². The van der Waals surface area contributed by atoms with Gasteiger partial charge in [-0.3, -0.25) is 9.78 Å². The molecule has 1 aromatic rings. The molecule has 0 aromatic carbocycles. The van der Waals surface area contributed by atoms with Gasteiger partial charge in [0.15, 0.2) is 0 Å². The van der Waals surface area contributed by atoms with Gasteiger partial charge in [-0.05, 0) is 13.8 Å². The van der Waals surface area contributed by atoms with Crippen molar-refractivity contribution in [2.24, 2.45) is 0 Å². The SMILES string of the molecule is CCN(CC)C(=O)CCNc1cncc(Cl)n1. The van der Waals surface area contributed by atoms with Crippen LogP contribution in [0.5, 0.6) is 0 Å². The highest BCUT2D eigenvalue weighted by Gasteiger charge is 2.08. The summed E-state index contributed by atoms with van der Waals surface area (Å²) >= 11 is 5.69. The molecule has 17 heavy (non-hydrogen) atoms. The average Bonchev–Trinajstić information content (AvgIpc) is 2.30. The van der Waals surface area contributed by atoms with Gasteiger partial charge in [-0.25, -0.2) is 4.98 Å². The minimum atomic E-state index is 0.137. The quantitative estimate of drug-likeness (QED) is 0.843. The van der Waals surface area contributed by atoms with Crippen LogP contribution >= 0.6 is 11.6 Å². The molecule has 1 N–H and O–H groups in total. The number of amides is 1. The zero-order valence-electron chi connectivity index (χ0n) is 10.1. The van der Waals surface area contributed by atoms with Crippen LogP contribution < -0.4 is 5.32 Å². The summed E-state index contributed by atoms with van der Waals surface area (Å²) in [5.41, 5.74) is 0. The lowest BCUT2D eigenvalue weighted by Crippen LogP contribution is -2.31. The summed E-state index contributed by atoms with van der Waals surface area (Å²) in [5, 5.41) is 3.35. The standard InChI is InChI=1S/C11H17ClN4O/c1-3-16(4-2)11(17)5-6-14-10-8-13-7-9(12)15-10/h7-8H,3-6H2,1-2H3,(H,14,15). The Bertz CT molecular complexity index is 368. The molecule has 1 rings (SSSR count). The molecule has 94 valence electrons. The number of hydrogen-bond acceptors (Lipinski definition) is 4. The number of rotatable bonds is 6. The zero-order chi connectivity index (χ0) is 12.7. The second-order valence-corrected chi connectivity index (χ2v) is 3.86. The number of aromatic nitrogens is 2. The predicted molar refractivity (Wildman–Crippen MR) is 68.1 cm³/mol. The third-order valence-electron chi connectivity index (χ3n) is 2.37. The predicted octanol–water partition coefficient (Wildman–Crippen LogP) is 1.80. The highest BCUT2D eigenvalue weighted by Crippen LogP contribution is 2.06. The van der Waals surface area contributed by atoms with Crippen molar-refractivity contribution in [3.63, 3.8) is 0 Å². The van der Waals surface area contributed by atoms with Crippen molar-refractivity contribution in [1.29, 1.82) is 0 Å². The summed E-state index contributed by atoms with van der Waals surface area (Å²) in [4.78, 5) is 21.4. The highest BCUT2D eigenvalue weighted by atomic mass is 35.5. The summed E-state index contributed by atoms with van der Waals surface area (Å²) < 4.78 is 0. The lowest BCUT2D eigenvalue weighted by atomic mass is 10.3. The maximum atomic E-state index is 11.7. The molecule has 1 amide bonds. The van der Waals surface area contributed by atoms with E-state index in [-0.39, 0.29) is 5.91 Å². The number of halogens is 1. The lowest BCUT2D eigenvalue weighted by molar-refractivity contribution is -0.130. The second kappa shape index (κ2) is 7.06. The van der Waals surface area contributed by atoms with E-state index in [1.54, 1.807) is 11.1 Å². The van der Waals surface area contributed by atoms with Crippen LogP contribution in [0.4, 0.5) is 5.82 Å². The first kappa shape index (κ1) is 13.7. The van der Waals surface area contributed by atoms with Crippen LogP contribution in [0.25, 0.3) is 0 Å². The van der Waals surface area contributed by atoms with Crippen molar-refractivity contribution in [2.45, 2.75) is 20.3 Å². The van der Waals surface area contributed by atoms with Crippen LogP contribution in [-0.2, 0) is 4.79 Å². The largest absolute Gasteiger partial charge is 0.368 e. The maximum absolute atomic E-state index is 11.7. The molecule has 0 aliphatic rings. The fraction of sp³-hybridized carbons (Fsp3) is 0.545. The van der Waals surface area contributed by atoms with Crippen LogP contribution in [0.3, 0.4) is 0 Å². The fourth-order valence-corrected chi connectivity index (χ4v) is 1.61. The molecule has 0 aliphatic heterocycles. The maximum Gasteiger partial charge on any atom is 0.224 e. The van der Waals surface area contributed by atoms with Gasteiger partial charge in [0.25, 0.3) is 0 Å². The number of nitrogens with one attached hydrogen (secondary N) is 1. The highest BCUT2D eigenvalue weighted by molar-refractivity contribution is 6.29. The van der Waals surface area contributed by atoms with E-state index in [2.05, 4.69) is 15.3 Å². The van der Waals surface area contributed by atoms with Crippen LogP contribution in [0.1, 0.15) is 20.3 Å². The van der Waals surface area contributed by atoms with E-state index >= 15 is 0 Å². The van der Waals surface area contributed by atoms with E-state index < -0.39 is 0 Å². The van der Waals surface area contributed by atoms with Crippen molar-refractivity contribution in [2.75, 3.05) is 25.0 Å². The van der Waals surface area contributed by atoms with E-state index in [9.17, 15) is 4.79 Å². The number of hydrogen-bond donors (Lipinski definition) is 1. The van der Waals surface area contributed by atoms with E-state index in [1.165, 1.54) is 6.20 Å². The molecule has 0 spiro atoms. The van der Waals surface area contributed by atoms with Crippen molar-refractivity contribution in [1.82, 2.24) is 14.9 Å². The topological polar surface area (TPSA) is 58.1 Å². The van der Waals surface area contributed by atoms with Crippen molar-refractivity contribution < 1.29 is 4.79 Å². The molecule has 6 heteroatoms. The van der Waals surface area contributed by atoms with Gasteiger partial charge >= 0.3 is 0 Å². The molecule has 5 nitrogen and oxygen atoms in total. The molecule has 0 radical (unpaired) electrons. The zero-order valence-corrected chi connectivity index (χ0v) is 10.9. The first-order chi connectivity index (χ1) is 8.17. The molecule has 1 heterocycles. The van der Waals surface area contributed by atoms with Gasteiger partial charge in [0.05, 0.1) is 12.4 Å². The Labute approximate surface area is 106 Å². The molecule has 0 atom stereocenters. The van der Waals surface area contributed by atoms with Gasteiger partial charge in [-0.2, -0.15) is 0 Å². The molecule has 0 saturated carbocycles. The van der Waals surface area contributed by atoms with Gasteiger partial charge in [-0.1, -0.05) is 11.6 Å². The Morgan fingerprint density at radius 3 is 2.71 bits per heavy atom. The third-order valence-corrected chi connectivity index (χ3v) is 2.55. The summed E-state index contributed by atoms with van der Waals surface area (Å²) in [6.07, 6.45) is 3.48. The number of carbonyl (C=O) groups is 1. The first-order valence-corrected chi connectivity index (χ1v) is 6.04. The molecule has 0 unspecified atom stereocenters. The summed E-state index contributed by atoms with van der Waals surface area (Å²) in [6.45, 7) is 5.96. The van der Waals surface area contributed by atoms with Crippen molar-refractivity contribution in [3.05, 3.63) is 17.5 Å². The Kier molecular flexibility index (Phi) is 5.69. The summed E-state index contributed by atoms with van der Waals surface area (Å²) in [5.74, 6) is 0.724. The van der Waals surface area contributed by atoms with E-state index in [4.69, 9.17) is 11.6 Å². The Hall–Kier alpha value is -1.36. The molecule has 0 saturated heterocycles.